The summed E-state index contributed by atoms with van der Waals surface area (Å²) in [5.74, 6) is 0. The molecule has 0 spiro atoms. The SMILES string of the molecule is Cc1ccc(NC(=O)NC2CCN(C3CCN(C)CC3)CC2)cn1. The number of hydrogen-bond acceptors (Lipinski definition) is 4. The maximum absolute atomic E-state index is 12.1. The van der Waals surface area contributed by atoms with Crippen molar-refractivity contribution in [1.82, 2.24) is 20.1 Å². The molecule has 0 atom stereocenters. The summed E-state index contributed by atoms with van der Waals surface area (Å²) in [5, 5.41) is 5.96. The van der Waals surface area contributed by atoms with Gasteiger partial charge in [0, 0.05) is 30.9 Å². The van der Waals surface area contributed by atoms with Crippen molar-refractivity contribution in [3.05, 3.63) is 24.0 Å². The van der Waals surface area contributed by atoms with Crippen LogP contribution in [-0.4, -0.2) is 66.1 Å². The molecule has 0 radical (unpaired) electrons. The molecule has 2 saturated heterocycles. The highest BCUT2D eigenvalue weighted by Crippen LogP contribution is 2.20. The Morgan fingerprint density at radius 1 is 1.12 bits per heavy atom. The molecule has 6 heteroatoms. The third-order valence-electron chi connectivity index (χ3n) is 5.24. The quantitative estimate of drug-likeness (QED) is 0.890. The Kier molecular flexibility index (Phi) is 5.68. The molecule has 3 heterocycles. The number of anilines is 1. The van der Waals surface area contributed by atoms with Crippen LogP contribution in [0.4, 0.5) is 10.5 Å². The molecule has 24 heavy (non-hydrogen) atoms. The Morgan fingerprint density at radius 2 is 1.83 bits per heavy atom. The Hall–Kier alpha value is -1.66. The van der Waals surface area contributed by atoms with E-state index in [9.17, 15) is 4.79 Å². The van der Waals surface area contributed by atoms with Crippen LogP contribution in [0.2, 0.25) is 0 Å². The number of nitrogens with zero attached hydrogens (tertiary/aromatic N) is 3. The Labute approximate surface area is 144 Å². The van der Waals surface area contributed by atoms with Gasteiger partial charge in [-0.3, -0.25) is 4.98 Å². The number of amides is 2. The first-order valence-electron chi connectivity index (χ1n) is 9.03. The third kappa shape index (κ3) is 4.68. The summed E-state index contributed by atoms with van der Waals surface area (Å²) in [6.07, 6.45) is 6.31. The molecule has 0 aliphatic carbocycles. The molecule has 1 aromatic heterocycles. The first kappa shape index (κ1) is 17.2. The van der Waals surface area contributed by atoms with Gasteiger partial charge in [-0.15, -0.1) is 0 Å². The van der Waals surface area contributed by atoms with E-state index in [4.69, 9.17) is 0 Å². The topological polar surface area (TPSA) is 60.5 Å². The van der Waals surface area contributed by atoms with Gasteiger partial charge in [-0.05, 0) is 64.9 Å². The fraction of sp³-hybridized carbons (Fsp3) is 0.667. The first-order chi connectivity index (χ1) is 11.6. The van der Waals surface area contributed by atoms with Crippen molar-refractivity contribution in [1.29, 1.82) is 0 Å². The number of nitrogens with one attached hydrogen (secondary N) is 2. The van der Waals surface area contributed by atoms with Crippen molar-refractivity contribution >= 4 is 11.7 Å². The summed E-state index contributed by atoms with van der Waals surface area (Å²) < 4.78 is 0. The van der Waals surface area contributed by atoms with Gasteiger partial charge in [0.25, 0.3) is 0 Å². The number of urea groups is 1. The van der Waals surface area contributed by atoms with E-state index in [1.165, 1.54) is 25.9 Å². The lowest BCUT2D eigenvalue weighted by atomic mass is 9.98. The minimum Gasteiger partial charge on any atom is -0.335 e. The molecule has 0 aromatic carbocycles. The lowest BCUT2D eigenvalue weighted by molar-refractivity contribution is 0.0938. The van der Waals surface area contributed by atoms with E-state index in [0.717, 1.165) is 43.4 Å². The Bertz CT molecular complexity index is 531. The standard InChI is InChI=1S/C18H29N5O/c1-14-3-4-16(13-19-14)21-18(24)20-15-5-11-23(12-6-15)17-7-9-22(2)10-8-17/h3-4,13,15,17H,5-12H2,1-2H3,(H2,20,21,24). The van der Waals surface area contributed by atoms with Crippen LogP contribution in [0.25, 0.3) is 0 Å². The summed E-state index contributed by atoms with van der Waals surface area (Å²) in [7, 11) is 2.20. The predicted molar refractivity (Wildman–Crippen MR) is 96.2 cm³/mol. The number of pyridine rings is 1. The van der Waals surface area contributed by atoms with Crippen LogP contribution in [0.1, 0.15) is 31.4 Å². The molecule has 2 fully saturated rings. The van der Waals surface area contributed by atoms with Crippen LogP contribution in [0.5, 0.6) is 0 Å². The van der Waals surface area contributed by atoms with Crippen LogP contribution < -0.4 is 10.6 Å². The van der Waals surface area contributed by atoms with Gasteiger partial charge in [0.15, 0.2) is 0 Å². The summed E-state index contributed by atoms with van der Waals surface area (Å²) in [5.41, 5.74) is 1.68. The van der Waals surface area contributed by atoms with Crippen molar-refractivity contribution in [3.8, 4) is 0 Å². The van der Waals surface area contributed by atoms with Gasteiger partial charge in [-0.25, -0.2) is 4.79 Å². The van der Waals surface area contributed by atoms with Crippen LogP contribution in [0, 0.1) is 6.92 Å². The zero-order chi connectivity index (χ0) is 16.9. The van der Waals surface area contributed by atoms with Gasteiger partial charge < -0.3 is 20.4 Å². The minimum atomic E-state index is -0.126. The molecule has 6 nitrogen and oxygen atoms in total. The Morgan fingerprint density at radius 3 is 2.46 bits per heavy atom. The van der Waals surface area contributed by atoms with E-state index in [2.05, 4.69) is 32.5 Å². The zero-order valence-corrected chi connectivity index (χ0v) is 14.8. The molecule has 1 aromatic rings. The summed E-state index contributed by atoms with van der Waals surface area (Å²) in [6, 6.07) is 4.65. The Balaban J connectivity index is 1.40. The average Bonchev–Trinajstić information content (AvgIpc) is 2.58. The van der Waals surface area contributed by atoms with Crippen LogP contribution in [-0.2, 0) is 0 Å². The monoisotopic (exact) mass is 331 g/mol. The molecule has 2 N–H and O–H groups in total. The molecule has 2 amide bonds. The second-order valence-corrected chi connectivity index (χ2v) is 7.13. The van der Waals surface area contributed by atoms with Crippen molar-refractivity contribution in [3.63, 3.8) is 0 Å². The lowest BCUT2D eigenvalue weighted by Crippen LogP contribution is -2.51. The number of aromatic nitrogens is 1. The summed E-state index contributed by atoms with van der Waals surface area (Å²) in [6.45, 7) is 6.52. The van der Waals surface area contributed by atoms with Crippen molar-refractivity contribution in [2.75, 3.05) is 38.5 Å². The fourth-order valence-corrected chi connectivity index (χ4v) is 3.66. The van der Waals surface area contributed by atoms with E-state index in [1.54, 1.807) is 6.20 Å². The van der Waals surface area contributed by atoms with Crippen molar-refractivity contribution in [2.45, 2.75) is 44.7 Å². The molecular weight excluding hydrogens is 302 g/mol. The maximum atomic E-state index is 12.1. The van der Waals surface area contributed by atoms with Crippen LogP contribution in [0.15, 0.2) is 18.3 Å². The number of aryl methyl sites for hydroxylation is 1. The summed E-state index contributed by atoms with van der Waals surface area (Å²) >= 11 is 0. The number of likely N-dealkylation sites (tertiary alicyclic amines) is 2. The largest absolute Gasteiger partial charge is 0.335 e. The van der Waals surface area contributed by atoms with E-state index < -0.39 is 0 Å². The molecule has 2 aliphatic heterocycles. The number of hydrogen-bond donors (Lipinski definition) is 2. The number of carbonyl (C=O) groups excluding carboxylic acids is 1. The molecular formula is C18H29N5O. The van der Waals surface area contributed by atoms with Crippen LogP contribution in [0.3, 0.4) is 0 Å². The van der Waals surface area contributed by atoms with E-state index >= 15 is 0 Å². The highest BCUT2D eigenvalue weighted by atomic mass is 16.2. The zero-order valence-electron chi connectivity index (χ0n) is 14.8. The number of carbonyl (C=O) groups is 1. The maximum Gasteiger partial charge on any atom is 0.319 e. The minimum absolute atomic E-state index is 0.126. The number of piperidine rings is 2. The van der Waals surface area contributed by atoms with E-state index in [1.807, 2.05) is 19.1 Å². The predicted octanol–water partition coefficient (Wildman–Crippen LogP) is 2.07. The van der Waals surface area contributed by atoms with Gasteiger partial charge in [-0.1, -0.05) is 0 Å². The number of rotatable bonds is 3. The van der Waals surface area contributed by atoms with Gasteiger partial charge in [0.1, 0.15) is 0 Å². The van der Waals surface area contributed by atoms with Crippen molar-refractivity contribution in [2.24, 2.45) is 0 Å². The molecule has 0 bridgehead atoms. The molecule has 2 aliphatic rings. The van der Waals surface area contributed by atoms with Gasteiger partial charge >= 0.3 is 6.03 Å². The second kappa shape index (κ2) is 7.94. The first-order valence-corrected chi connectivity index (χ1v) is 9.03. The third-order valence-corrected chi connectivity index (χ3v) is 5.24. The van der Waals surface area contributed by atoms with Gasteiger partial charge in [0.05, 0.1) is 11.9 Å². The van der Waals surface area contributed by atoms with Gasteiger partial charge in [0.2, 0.25) is 0 Å². The highest BCUT2D eigenvalue weighted by Gasteiger charge is 2.27. The van der Waals surface area contributed by atoms with Gasteiger partial charge in [-0.2, -0.15) is 0 Å². The van der Waals surface area contributed by atoms with E-state index in [-0.39, 0.29) is 12.1 Å². The molecule has 3 rings (SSSR count). The molecule has 0 unspecified atom stereocenters. The van der Waals surface area contributed by atoms with E-state index in [0.29, 0.717) is 0 Å². The van der Waals surface area contributed by atoms with Crippen LogP contribution >= 0.6 is 0 Å². The molecule has 0 saturated carbocycles. The highest BCUT2D eigenvalue weighted by molar-refractivity contribution is 5.89. The normalized spacial score (nSPS) is 21.6. The smallest absolute Gasteiger partial charge is 0.319 e. The fourth-order valence-electron chi connectivity index (χ4n) is 3.66. The van der Waals surface area contributed by atoms with Crippen molar-refractivity contribution < 1.29 is 4.79 Å². The lowest BCUT2D eigenvalue weighted by Gasteiger charge is -2.41. The second-order valence-electron chi connectivity index (χ2n) is 7.13. The summed E-state index contributed by atoms with van der Waals surface area (Å²) in [4.78, 5) is 21.3. The molecule has 132 valence electrons. The average molecular weight is 331 g/mol.